The number of methoxy groups -OCH3 is 1. The number of fused-ring (bicyclic) bond motifs is 1. The van der Waals surface area contributed by atoms with Crippen molar-refractivity contribution >= 4 is 22.4 Å². The first-order valence-corrected chi connectivity index (χ1v) is 8.14. The van der Waals surface area contributed by atoms with Gasteiger partial charge in [0.25, 0.3) is 0 Å². The van der Waals surface area contributed by atoms with Crippen molar-refractivity contribution in [3.63, 3.8) is 0 Å². The monoisotopic (exact) mass is 303 g/mol. The molecule has 1 fully saturated rings. The topological polar surface area (TPSA) is 21.3 Å². The van der Waals surface area contributed by atoms with Crippen LogP contribution in [0.2, 0.25) is 5.02 Å². The van der Waals surface area contributed by atoms with Crippen molar-refractivity contribution in [2.45, 2.75) is 44.7 Å². The molecule has 0 unspecified atom stereocenters. The number of ether oxygens (including phenoxy) is 1. The van der Waals surface area contributed by atoms with Gasteiger partial charge in [-0.1, -0.05) is 43.0 Å². The molecule has 0 heterocycles. The zero-order valence-electron chi connectivity index (χ0n) is 12.5. The van der Waals surface area contributed by atoms with E-state index in [1.807, 2.05) is 12.1 Å². The molecule has 1 saturated carbocycles. The van der Waals surface area contributed by atoms with E-state index in [0.717, 1.165) is 28.1 Å². The maximum absolute atomic E-state index is 6.33. The molecule has 0 saturated heterocycles. The van der Waals surface area contributed by atoms with Crippen LogP contribution in [-0.4, -0.2) is 13.2 Å². The molecule has 0 atom stereocenters. The van der Waals surface area contributed by atoms with Gasteiger partial charge < -0.3 is 10.1 Å². The summed E-state index contributed by atoms with van der Waals surface area (Å²) in [5.41, 5.74) is 1.28. The molecule has 1 aliphatic carbocycles. The SMILES string of the molecule is COc1ccc(Cl)c2cc(CNC3CCCCC3)ccc12. The Bertz CT molecular complexity index is 620. The molecule has 0 amide bonds. The summed E-state index contributed by atoms with van der Waals surface area (Å²) in [5, 5.41) is 6.60. The summed E-state index contributed by atoms with van der Waals surface area (Å²) < 4.78 is 5.40. The zero-order chi connectivity index (χ0) is 14.7. The first-order chi connectivity index (χ1) is 10.3. The minimum atomic E-state index is 0.676. The standard InChI is InChI=1S/C18H22ClNO/c1-21-18-10-9-17(19)16-11-13(7-8-15(16)18)12-20-14-5-3-2-4-6-14/h7-11,14,20H,2-6,12H2,1H3. The van der Waals surface area contributed by atoms with Crippen LogP contribution in [0.5, 0.6) is 5.75 Å². The van der Waals surface area contributed by atoms with Crippen LogP contribution in [0.3, 0.4) is 0 Å². The molecule has 0 aromatic heterocycles. The van der Waals surface area contributed by atoms with Gasteiger partial charge in [0.05, 0.1) is 7.11 Å². The van der Waals surface area contributed by atoms with E-state index in [-0.39, 0.29) is 0 Å². The molecule has 0 bridgehead atoms. The predicted octanol–water partition coefficient (Wildman–Crippen LogP) is 4.92. The third-order valence-corrected chi connectivity index (χ3v) is 4.74. The lowest BCUT2D eigenvalue weighted by atomic mass is 9.95. The largest absolute Gasteiger partial charge is 0.496 e. The zero-order valence-corrected chi connectivity index (χ0v) is 13.2. The van der Waals surface area contributed by atoms with Gasteiger partial charge in [-0.05, 0) is 36.6 Å². The van der Waals surface area contributed by atoms with Crippen LogP contribution in [0.1, 0.15) is 37.7 Å². The molecule has 2 nitrogen and oxygen atoms in total. The Hall–Kier alpha value is -1.25. The molecular formula is C18H22ClNO. The molecule has 112 valence electrons. The lowest BCUT2D eigenvalue weighted by Crippen LogP contribution is -2.30. The van der Waals surface area contributed by atoms with Crippen LogP contribution in [0.25, 0.3) is 10.8 Å². The van der Waals surface area contributed by atoms with Crippen molar-refractivity contribution in [1.82, 2.24) is 5.32 Å². The van der Waals surface area contributed by atoms with Crippen LogP contribution in [0, 0.1) is 0 Å². The quantitative estimate of drug-likeness (QED) is 0.865. The summed E-state index contributed by atoms with van der Waals surface area (Å²) >= 11 is 6.33. The number of nitrogens with one attached hydrogen (secondary N) is 1. The molecule has 0 aliphatic heterocycles. The minimum absolute atomic E-state index is 0.676. The molecule has 1 aliphatic rings. The maximum atomic E-state index is 6.33. The summed E-state index contributed by atoms with van der Waals surface area (Å²) in [4.78, 5) is 0. The fraction of sp³-hybridized carbons (Fsp3) is 0.444. The van der Waals surface area contributed by atoms with E-state index in [9.17, 15) is 0 Å². The second kappa shape index (κ2) is 6.67. The van der Waals surface area contributed by atoms with Gasteiger partial charge in [0, 0.05) is 28.4 Å². The van der Waals surface area contributed by atoms with Crippen molar-refractivity contribution < 1.29 is 4.74 Å². The van der Waals surface area contributed by atoms with Gasteiger partial charge in [0.15, 0.2) is 0 Å². The molecule has 21 heavy (non-hydrogen) atoms. The van der Waals surface area contributed by atoms with Crippen LogP contribution < -0.4 is 10.1 Å². The Morgan fingerprint density at radius 1 is 1.10 bits per heavy atom. The van der Waals surface area contributed by atoms with E-state index in [1.165, 1.54) is 37.7 Å². The highest BCUT2D eigenvalue weighted by molar-refractivity contribution is 6.35. The Balaban J connectivity index is 1.78. The average molecular weight is 304 g/mol. The van der Waals surface area contributed by atoms with E-state index < -0.39 is 0 Å². The Kier molecular flexibility index (Phi) is 4.67. The first-order valence-electron chi connectivity index (χ1n) is 7.76. The van der Waals surface area contributed by atoms with Gasteiger partial charge in [-0.25, -0.2) is 0 Å². The van der Waals surface area contributed by atoms with Gasteiger partial charge >= 0.3 is 0 Å². The van der Waals surface area contributed by atoms with Gasteiger partial charge in [-0.15, -0.1) is 0 Å². The summed E-state index contributed by atoms with van der Waals surface area (Å²) in [5.74, 6) is 0.876. The first kappa shape index (κ1) is 14.7. The smallest absolute Gasteiger partial charge is 0.126 e. The van der Waals surface area contributed by atoms with E-state index >= 15 is 0 Å². The average Bonchev–Trinajstić information content (AvgIpc) is 2.54. The molecule has 2 aromatic rings. The van der Waals surface area contributed by atoms with E-state index in [4.69, 9.17) is 16.3 Å². The molecule has 2 aromatic carbocycles. The van der Waals surface area contributed by atoms with Crippen molar-refractivity contribution in [2.24, 2.45) is 0 Å². The van der Waals surface area contributed by atoms with Crippen molar-refractivity contribution in [1.29, 1.82) is 0 Å². The molecule has 0 spiro atoms. The fourth-order valence-corrected chi connectivity index (χ4v) is 3.41. The van der Waals surface area contributed by atoms with E-state index in [1.54, 1.807) is 7.11 Å². The number of hydrogen-bond donors (Lipinski definition) is 1. The van der Waals surface area contributed by atoms with Crippen LogP contribution in [0.15, 0.2) is 30.3 Å². The Labute approximate surface area is 131 Å². The number of halogens is 1. The normalized spacial score (nSPS) is 16.3. The van der Waals surface area contributed by atoms with Crippen LogP contribution >= 0.6 is 11.6 Å². The number of rotatable bonds is 4. The van der Waals surface area contributed by atoms with Crippen LogP contribution in [0.4, 0.5) is 0 Å². The molecular weight excluding hydrogens is 282 g/mol. The molecule has 0 radical (unpaired) electrons. The van der Waals surface area contributed by atoms with Crippen LogP contribution in [-0.2, 0) is 6.54 Å². The van der Waals surface area contributed by atoms with Gasteiger partial charge in [0.2, 0.25) is 0 Å². The highest BCUT2D eigenvalue weighted by atomic mass is 35.5. The van der Waals surface area contributed by atoms with Gasteiger partial charge in [0.1, 0.15) is 5.75 Å². The van der Waals surface area contributed by atoms with Gasteiger partial charge in [-0.3, -0.25) is 0 Å². The van der Waals surface area contributed by atoms with Crippen molar-refractivity contribution in [3.05, 3.63) is 40.9 Å². The second-order valence-electron chi connectivity index (χ2n) is 5.85. The summed E-state index contributed by atoms with van der Waals surface area (Å²) in [7, 11) is 1.70. The highest BCUT2D eigenvalue weighted by Gasteiger charge is 2.13. The van der Waals surface area contributed by atoms with Gasteiger partial charge in [-0.2, -0.15) is 0 Å². The third-order valence-electron chi connectivity index (χ3n) is 4.41. The Morgan fingerprint density at radius 2 is 1.90 bits per heavy atom. The van der Waals surface area contributed by atoms with E-state index in [0.29, 0.717) is 6.04 Å². The number of benzene rings is 2. The fourth-order valence-electron chi connectivity index (χ4n) is 3.19. The summed E-state index contributed by atoms with van der Waals surface area (Å²) in [6, 6.07) is 11.0. The van der Waals surface area contributed by atoms with E-state index in [2.05, 4.69) is 23.5 Å². The highest BCUT2D eigenvalue weighted by Crippen LogP contribution is 2.32. The number of hydrogen-bond acceptors (Lipinski definition) is 2. The second-order valence-corrected chi connectivity index (χ2v) is 6.25. The lowest BCUT2D eigenvalue weighted by Gasteiger charge is -2.23. The Morgan fingerprint density at radius 3 is 2.67 bits per heavy atom. The molecule has 1 N–H and O–H groups in total. The maximum Gasteiger partial charge on any atom is 0.126 e. The summed E-state index contributed by atoms with van der Waals surface area (Å²) in [6.07, 6.45) is 6.73. The lowest BCUT2D eigenvalue weighted by molar-refractivity contribution is 0.372. The summed E-state index contributed by atoms with van der Waals surface area (Å²) in [6.45, 7) is 0.911. The predicted molar refractivity (Wildman–Crippen MR) is 89.2 cm³/mol. The van der Waals surface area contributed by atoms with Crippen molar-refractivity contribution in [2.75, 3.05) is 7.11 Å². The van der Waals surface area contributed by atoms with Crippen molar-refractivity contribution in [3.8, 4) is 5.75 Å². The molecule has 3 heteroatoms. The third kappa shape index (κ3) is 3.33. The minimum Gasteiger partial charge on any atom is -0.496 e. The molecule has 3 rings (SSSR count).